The van der Waals surface area contributed by atoms with Crippen molar-refractivity contribution in [2.24, 2.45) is 5.41 Å². The summed E-state index contributed by atoms with van der Waals surface area (Å²) in [6, 6.07) is 7.84. The molecule has 1 saturated carbocycles. The van der Waals surface area contributed by atoms with Crippen LogP contribution in [0.1, 0.15) is 44.7 Å². The van der Waals surface area contributed by atoms with E-state index >= 15 is 0 Å². The number of carbonyl (C=O) groups is 1. The predicted molar refractivity (Wildman–Crippen MR) is 115 cm³/mol. The molecule has 0 unspecified atom stereocenters. The second-order valence-electron chi connectivity index (χ2n) is 7.94. The third kappa shape index (κ3) is 4.90. The van der Waals surface area contributed by atoms with Crippen LogP contribution in [0.2, 0.25) is 0 Å². The molecule has 1 fully saturated rings. The number of benzene rings is 1. The fourth-order valence-electron chi connectivity index (χ4n) is 3.67. The number of anilines is 2. The van der Waals surface area contributed by atoms with Gasteiger partial charge in [-0.2, -0.15) is 13.2 Å². The average Bonchev–Trinajstić information content (AvgIpc) is 3.22. The minimum atomic E-state index is -4.57. The molecule has 2 heterocycles. The third-order valence-corrected chi connectivity index (χ3v) is 6.41. The number of carbonyl (C=O) groups excluding carboxylic acids is 1. The molecular formula is C22H21F3N4O2S. The van der Waals surface area contributed by atoms with Crippen molar-refractivity contribution >= 4 is 28.9 Å². The molecule has 1 N–H and O–H groups in total. The number of nitrogens with zero attached hydrogens (tertiary/aromatic N) is 3. The van der Waals surface area contributed by atoms with Gasteiger partial charge in [-0.3, -0.25) is 4.79 Å². The van der Waals surface area contributed by atoms with Gasteiger partial charge in [0.25, 0.3) is 5.19 Å². The summed E-state index contributed by atoms with van der Waals surface area (Å²) in [7, 11) is 0. The first-order valence-corrected chi connectivity index (χ1v) is 11.0. The van der Waals surface area contributed by atoms with Gasteiger partial charge in [0.2, 0.25) is 5.95 Å². The molecular weight excluding hydrogens is 441 g/mol. The molecule has 0 atom stereocenters. The van der Waals surface area contributed by atoms with E-state index in [4.69, 9.17) is 4.74 Å². The number of esters is 1. The van der Waals surface area contributed by atoms with Crippen molar-refractivity contribution in [1.29, 1.82) is 0 Å². The lowest BCUT2D eigenvalue weighted by atomic mass is 9.76. The summed E-state index contributed by atoms with van der Waals surface area (Å²) in [6.07, 6.45) is 2.80. The fourth-order valence-corrected chi connectivity index (χ4v) is 4.48. The maximum absolute atomic E-state index is 13.0. The van der Waals surface area contributed by atoms with Crippen LogP contribution in [-0.2, 0) is 11.0 Å². The maximum atomic E-state index is 13.0. The minimum absolute atomic E-state index is 0.173. The van der Waals surface area contributed by atoms with Gasteiger partial charge >= 0.3 is 12.1 Å². The van der Waals surface area contributed by atoms with E-state index in [1.165, 1.54) is 11.3 Å². The Balaban J connectivity index is 1.54. The van der Waals surface area contributed by atoms with Gasteiger partial charge in [0.05, 0.1) is 10.3 Å². The zero-order chi connectivity index (χ0) is 22.8. The highest BCUT2D eigenvalue weighted by atomic mass is 32.1. The molecule has 0 spiro atoms. The number of ether oxygens (including phenoxy) is 1. The molecule has 2 aromatic heterocycles. The Labute approximate surface area is 186 Å². The largest absolute Gasteiger partial charge is 0.433 e. The van der Waals surface area contributed by atoms with E-state index in [1.807, 2.05) is 6.92 Å². The molecule has 32 heavy (non-hydrogen) atoms. The highest BCUT2D eigenvalue weighted by molar-refractivity contribution is 7.17. The lowest BCUT2D eigenvalue weighted by molar-refractivity contribution is -0.146. The molecule has 6 nitrogen and oxygen atoms in total. The number of thiazole rings is 1. The minimum Gasteiger partial charge on any atom is -0.397 e. The second kappa shape index (κ2) is 8.85. The fraction of sp³-hybridized carbons (Fsp3) is 0.364. The van der Waals surface area contributed by atoms with Gasteiger partial charge in [-0.25, -0.2) is 15.0 Å². The second-order valence-corrected chi connectivity index (χ2v) is 8.93. The molecule has 1 aliphatic carbocycles. The topological polar surface area (TPSA) is 77.0 Å². The lowest BCUT2D eigenvalue weighted by Gasteiger charge is -2.30. The Morgan fingerprint density at radius 1 is 1.12 bits per heavy atom. The Hall–Kier alpha value is -3.01. The predicted octanol–water partition coefficient (Wildman–Crippen LogP) is 6.24. The van der Waals surface area contributed by atoms with Crippen LogP contribution < -0.4 is 10.1 Å². The van der Waals surface area contributed by atoms with Crippen molar-refractivity contribution in [2.45, 2.75) is 45.2 Å². The normalized spacial score (nSPS) is 15.9. The first-order valence-electron chi connectivity index (χ1n) is 10.2. The standard InChI is InChI=1S/C22H21F3N4O2S/c1-21(10-5-2-6-11-21)18(30)31-20-27-13-16(32-20)14-7-3-4-8-15(14)28-19-26-12-9-17(29-19)22(23,24)25/h3-4,7-9,12-13H,2,5-6,10-11H2,1H3,(H,26,28,29). The van der Waals surface area contributed by atoms with Gasteiger partial charge in [0, 0.05) is 23.6 Å². The van der Waals surface area contributed by atoms with E-state index in [-0.39, 0.29) is 17.1 Å². The SMILES string of the molecule is CC1(C(=O)Oc2ncc(-c3ccccc3Nc3nccc(C(F)(F)F)n3)s2)CCCCC1. The number of para-hydroxylation sites is 1. The first-order chi connectivity index (χ1) is 15.2. The molecule has 1 aliphatic rings. The molecule has 0 saturated heterocycles. The van der Waals surface area contributed by atoms with Gasteiger partial charge in [0.1, 0.15) is 5.69 Å². The molecule has 168 valence electrons. The molecule has 3 aromatic rings. The summed E-state index contributed by atoms with van der Waals surface area (Å²) in [4.78, 5) is 25.0. The van der Waals surface area contributed by atoms with E-state index in [9.17, 15) is 18.0 Å². The van der Waals surface area contributed by atoms with Crippen LogP contribution in [0.4, 0.5) is 24.8 Å². The summed E-state index contributed by atoms with van der Waals surface area (Å²) < 4.78 is 44.4. The van der Waals surface area contributed by atoms with Crippen molar-refractivity contribution in [3.63, 3.8) is 0 Å². The Morgan fingerprint density at radius 2 is 1.88 bits per heavy atom. The van der Waals surface area contributed by atoms with Crippen LogP contribution in [0.15, 0.2) is 42.7 Å². The van der Waals surface area contributed by atoms with E-state index in [0.717, 1.165) is 44.4 Å². The molecule has 0 bridgehead atoms. The first kappa shape index (κ1) is 22.2. The number of rotatable bonds is 5. The summed E-state index contributed by atoms with van der Waals surface area (Å²) in [6.45, 7) is 1.93. The third-order valence-electron chi connectivity index (χ3n) is 5.50. The van der Waals surface area contributed by atoms with Crippen LogP contribution in [0, 0.1) is 5.41 Å². The zero-order valence-electron chi connectivity index (χ0n) is 17.3. The van der Waals surface area contributed by atoms with E-state index in [2.05, 4.69) is 20.3 Å². The van der Waals surface area contributed by atoms with Crippen LogP contribution in [0.3, 0.4) is 0 Å². The van der Waals surface area contributed by atoms with Gasteiger partial charge in [-0.15, -0.1) is 0 Å². The average molecular weight is 462 g/mol. The number of halogens is 3. The quantitative estimate of drug-likeness (QED) is 0.453. The molecule has 1 aromatic carbocycles. The molecule has 0 amide bonds. The van der Waals surface area contributed by atoms with E-state index in [0.29, 0.717) is 16.1 Å². The van der Waals surface area contributed by atoms with Gasteiger partial charge < -0.3 is 10.1 Å². The summed E-state index contributed by atoms with van der Waals surface area (Å²) >= 11 is 1.19. The van der Waals surface area contributed by atoms with Crippen molar-refractivity contribution in [3.05, 3.63) is 48.4 Å². The van der Waals surface area contributed by atoms with E-state index < -0.39 is 17.3 Å². The number of aromatic nitrogens is 3. The number of alkyl halides is 3. The van der Waals surface area contributed by atoms with Crippen LogP contribution in [-0.4, -0.2) is 20.9 Å². The van der Waals surface area contributed by atoms with Crippen LogP contribution in [0.5, 0.6) is 5.19 Å². The molecule has 0 radical (unpaired) electrons. The number of nitrogens with one attached hydrogen (secondary N) is 1. The molecule has 4 rings (SSSR count). The highest BCUT2D eigenvalue weighted by Crippen LogP contribution is 2.40. The Bertz CT molecular complexity index is 1110. The highest BCUT2D eigenvalue weighted by Gasteiger charge is 2.37. The smallest absolute Gasteiger partial charge is 0.397 e. The van der Waals surface area contributed by atoms with Gasteiger partial charge in [0.15, 0.2) is 0 Å². The monoisotopic (exact) mass is 462 g/mol. The van der Waals surface area contributed by atoms with Crippen LogP contribution >= 0.6 is 11.3 Å². The van der Waals surface area contributed by atoms with Crippen molar-refractivity contribution < 1.29 is 22.7 Å². The van der Waals surface area contributed by atoms with Gasteiger partial charge in [-0.05, 0) is 31.9 Å². The Morgan fingerprint density at radius 3 is 2.62 bits per heavy atom. The lowest BCUT2D eigenvalue weighted by Crippen LogP contribution is -2.33. The van der Waals surface area contributed by atoms with Crippen molar-refractivity contribution in [2.75, 3.05) is 5.32 Å². The summed E-state index contributed by atoms with van der Waals surface area (Å²) in [5.74, 6) is -0.449. The van der Waals surface area contributed by atoms with Crippen molar-refractivity contribution in [3.8, 4) is 15.6 Å². The number of hydrogen-bond donors (Lipinski definition) is 1. The maximum Gasteiger partial charge on any atom is 0.433 e. The molecule has 0 aliphatic heterocycles. The number of hydrogen-bond acceptors (Lipinski definition) is 7. The zero-order valence-corrected chi connectivity index (χ0v) is 18.1. The summed E-state index contributed by atoms with van der Waals surface area (Å²) in [5, 5.41) is 3.08. The summed E-state index contributed by atoms with van der Waals surface area (Å²) in [5.41, 5.74) is -0.342. The Kier molecular flexibility index (Phi) is 6.14. The molecule has 10 heteroatoms. The van der Waals surface area contributed by atoms with Crippen molar-refractivity contribution in [1.82, 2.24) is 15.0 Å². The van der Waals surface area contributed by atoms with Crippen LogP contribution in [0.25, 0.3) is 10.4 Å². The van der Waals surface area contributed by atoms with E-state index in [1.54, 1.807) is 30.5 Å². The van der Waals surface area contributed by atoms with Gasteiger partial charge in [-0.1, -0.05) is 48.8 Å².